The molecular weight excluding hydrogens is 286 g/mol. The second-order valence-corrected chi connectivity index (χ2v) is 6.46. The topological polar surface area (TPSA) is 72.7 Å². The van der Waals surface area contributed by atoms with E-state index in [4.69, 9.17) is 0 Å². The lowest BCUT2D eigenvalue weighted by Gasteiger charge is -2.14. The lowest BCUT2D eigenvalue weighted by Crippen LogP contribution is -2.33. The van der Waals surface area contributed by atoms with Crippen LogP contribution in [0.25, 0.3) is 0 Å². The van der Waals surface area contributed by atoms with Gasteiger partial charge in [-0.1, -0.05) is 44.5 Å². The summed E-state index contributed by atoms with van der Waals surface area (Å²) in [5, 5.41) is 15.0. The van der Waals surface area contributed by atoms with Crippen molar-refractivity contribution in [3.63, 3.8) is 0 Å². The molecule has 0 saturated heterocycles. The first-order valence-electron chi connectivity index (χ1n) is 7.32. The predicted octanol–water partition coefficient (Wildman–Crippen LogP) is 2.28. The molecule has 0 aliphatic rings. The summed E-state index contributed by atoms with van der Waals surface area (Å²) in [5.74, 6) is 1.06. The molecule has 0 radical (unpaired) electrons. The molecule has 1 heterocycles. The van der Waals surface area contributed by atoms with E-state index in [1.807, 2.05) is 6.92 Å². The van der Waals surface area contributed by atoms with Gasteiger partial charge >= 0.3 is 0 Å². The van der Waals surface area contributed by atoms with Crippen molar-refractivity contribution in [1.82, 2.24) is 25.5 Å². The first-order chi connectivity index (χ1) is 10.0. The van der Waals surface area contributed by atoms with Crippen LogP contribution in [-0.2, 0) is 11.3 Å². The van der Waals surface area contributed by atoms with Crippen LogP contribution in [0.2, 0.25) is 0 Å². The molecule has 0 aliphatic heterocycles. The average Bonchev–Trinajstić information content (AvgIpc) is 2.84. The van der Waals surface area contributed by atoms with Crippen molar-refractivity contribution in [2.24, 2.45) is 5.92 Å². The monoisotopic (exact) mass is 311 g/mol. The van der Waals surface area contributed by atoms with E-state index in [1.54, 1.807) is 10.8 Å². The third-order valence-corrected chi connectivity index (χ3v) is 3.92. The summed E-state index contributed by atoms with van der Waals surface area (Å²) in [7, 11) is 0. The van der Waals surface area contributed by atoms with Gasteiger partial charge in [-0.2, -0.15) is 0 Å². The van der Waals surface area contributed by atoms with Crippen LogP contribution in [0.5, 0.6) is 0 Å². The van der Waals surface area contributed by atoms with Gasteiger partial charge in [0.25, 0.3) is 0 Å². The zero-order valence-electron chi connectivity index (χ0n) is 13.1. The molecular formula is C14H25N5OS. The summed E-state index contributed by atoms with van der Waals surface area (Å²) < 4.78 is 1.62. The molecule has 0 aliphatic carbocycles. The number of carbonyl (C=O) groups excluding carboxylic acids is 1. The van der Waals surface area contributed by atoms with E-state index in [9.17, 15) is 4.79 Å². The molecule has 0 aromatic carbocycles. The molecule has 1 N–H and O–H groups in total. The number of carbonyl (C=O) groups is 1. The van der Waals surface area contributed by atoms with E-state index in [1.165, 1.54) is 18.2 Å². The highest BCUT2D eigenvalue weighted by molar-refractivity contribution is 7.99. The highest BCUT2D eigenvalue weighted by atomic mass is 32.2. The zero-order chi connectivity index (χ0) is 15.7. The van der Waals surface area contributed by atoms with Gasteiger partial charge in [-0.25, -0.2) is 4.68 Å². The van der Waals surface area contributed by atoms with E-state index >= 15 is 0 Å². The lowest BCUT2D eigenvalue weighted by atomic mass is 10.0. The minimum absolute atomic E-state index is 0.0187. The van der Waals surface area contributed by atoms with Crippen LogP contribution in [0, 0.1) is 5.92 Å². The highest BCUT2D eigenvalue weighted by Crippen LogP contribution is 2.13. The predicted molar refractivity (Wildman–Crippen MR) is 85.0 cm³/mol. The molecule has 6 nitrogen and oxygen atoms in total. The standard InChI is InChI=1S/C14H25N5OS/c1-5-9-19-14(16-17-18-19)21-10-13(20)15-12(4)8-6-7-11(2)3/h5,11-12H,1,6-10H2,2-4H3,(H,15,20). The fourth-order valence-electron chi connectivity index (χ4n) is 1.89. The Morgan fingerprint density at radius 1 is 1.43 bits per heavy atom. The van der Waals surface area contributed by atoms with Crippen molar-refractivity contribution >= 4 is 17.7 Å². The minimum atomic E-state index is 0.0187. The summed E-state index contributed by atoms with van der Waals surface area (Å²) in [6.45, 7) is 10.7. The van der Waals surface area contributed by atoms with Gasteiger partial charge < -0.3 is 5.32 Å². The van der Waals surface area contributed by atoms with Crippen LogP contribution < -0.4 is 5.32 Å². The summed E-state index contributed by atoms with van der Waals surface area (Å²) >= 11 is 1.34. The Kier molecular flexibility index (Phi) is 8.04. The minimum Gasteiger partial charge on any atom is -0.353 e. The van der Waals surface area contributed by atoms with Crippen LogP contribution in [0.15, 0.2) is 17.8 Å². The van der Waals surface area contributed by atoms with E-state index in [0.29, 0.717) is 23.4 Å². The smallest absolute Gasteiger partial charge is 0.230 e. The number of nitrogens with one attached hydrogen (secondary N) is 1. The maximum Gasteiger partial charge on any atom is 0.230 e. The van der Waals surface area contributed by atoms with Crippen molar-refractivity contribution in [3.05, 3.63) is 12.7 Å². The quantitative estimate of drug-likeness (QED) is 0.530. The van der Waals surface area contributed by atoms with E-state index in [-0.39, 0.29) is 11.9 Å². The molecule has 0 saturated carbocycles. The first kappa shape index (κ1) is 17.7. The average molecular weight is 311 g/mol. The largest absolute Gasteiger partial charge is 0.353 e. The van der Waals surface area contributed by atoms with Crippen molar-refractivity contribution in [3.8, 4) is 0 Å². The molecule has 0 fully saturated rings. The molecule has 1 atom stereocenters. The Hall–Kier alpha value is -1.37. The SMILES string of the molecule is C=CCn1nnnc1SCC(=O)NC(C)CCCC(C)C. The number of thioether (sulfide) groups is 1. The first-order valence-corrected chi connectivity index (χ1v) is 8.30. The number of allylic oxidation sites excluding steroid dienone is 1. The van der Waals surface area contributed by atoms with Crippen LogP contribution in [0.1, 0.15) is 40.0 Å². The van der Waals surface area contributed by atoms with Gasteiger partial charge in [0.1, 0.15) is 0 Å². The number of nitrogens with zero attached hydrogens (tertiary/aromatic N) is 4. The summed E-state index contributed by atoms with van der Waals surface area (Å²) in [4.78, 5) is 11.9. The number of tetrazole rings is 1. The number of rotatable bonds is 10. The summed E-state index contributed by atoms with van der Waals surface area (Å²) in [6, 6.07) is 0.209. The number of hydrogen-bond acceptors (Lipinski definition) is 5. The Labute approximate surface area is 130 Å². The molecule has 0 spiro atoms. The van der Waals surface area contributed by atoms with Gasteiger partial charge in [-0.15, -0.1) is 11.7 Å². The Bertz CT molecular complexity index is 446. The second-order valence-electron chi connectivity index (χ2n) is 5.51. The maximum atomic E-state index is 11.9. The number of hydrogen-bond donors (Lipinski definition) is 1. The fraction of sp³-hybridized carbons (Fsp3) is 0.714. The molecule has 0 bridgehead atoms. The van der Waals surface area contributed by atoms with E-state index in [2.05, 4.69) is 41.3 Å². The number of amides is 1. The molecule has 1 rings (SSSR count). The molecule has 118 valence electrons. The Morgan fingerprint density at radius 3 is 2.86 bits per heavy atom. The lowest BCUT2D eigenvalue weighted by molar-refractivity contribution is -0.119. The van der Waals surface area contributed by atoms with Gasteiger partial charge in [-0.05, 0) is 29.7 Å². The van der Waals surface area contributed by atoms with Crippen LogP contribution in [0.4, 0.5) is 0 Å². The van der Waals surface area contributed by atoms with Gasteiger partial charge in [-0.3, -0.25) is 4.79 Å². The van der Waals surface area contributed by atoms with Crippen molar-refractivity contribution in [1.29, 1.82) is 0 Å². The van der Waals surface area contributed by atoms with Gasteiger partial charge in [0.2, 0.25) is 11.1 Å². The third kappa shape index (κ3) is 7.27. The molecule has 1 unspecified atom stereocenters. The van der Waals surface area contributed by atoms with E-state index in [0.717, 1.165) is 12.8 Å². The summed E-state index contributed by atoms with van der Waals surface area (Å²) in [6.07, 6.45) is 5.08. The van der Waals surface area contributed by atoms with Gasteiger partial charge in [0.05, 0.1) is 12.3 Å². The molecule has 7 heteroatoms. The fourth-order valence-corrected chi connectivity index (χ4v) is 2.59. The van der Waals surface area contributed by atoms with Crippen LogP contribution >= 0.6 is 11.8 Å². The maximum absolute atomic E-state index is 11.9. The number of aromatic nitrogens is 4. The molecule has 1 aromatic heterocycles. The molecule has 1 aromatic rings. The molecule has 21 heavy (non-hydrogen) atoms. The Balaban J connectivity index is 2.27. The highest BCUT2D eigenvalue weighted by Gasteiger charge is 2.11. The molecule has 1 amide bonds. The normalized spacial score (nSPS) is 12.4. The van der Waals surface area contributed by atoms with Gasteiger partial charge in [0, 0.05) is 6.04 Å². The second kappa shape index (κ2) is 9.55. The van der Waals surface area contributed by atoms with Crippen molar-refractivity contribution in [2.75, 3.05) is 5.75 Å². The summed E-state index contributed by atoms with van der Waals surface area (Å²) in [5.41, 5.74) is 0. The van der Waals surface area contributed by atoms with Crippen LogP contribution in [-0.4, -0.2) is 37.9 Å². The van der Waals surface area contributed by atoms with E-state index < -0.39 is 0 Å². The van der Waals surface area contributed by atoms with Crippen LogP contribution in [0.3, 0.4) is 0 Å². The van der Waals surface area contributed by atoms with Gasteiger partial charge in [0.15, 0.2) is 0 Å². The third-order valence-electron chi connectivity index (χ3n) is 2.96. The Morgan fingerprint density at radius 2 is 2.19 bits per heavy atom. The van der Waals surface area contributed by atoms with Crippen molar-refractivity contribution < 1.29 is 4.79 Å². The van der Waals surface area contributed by atoms with Crippen molar-refractivity contribution in [2.45, 2.75) is 57.8 Å². The zero-order valence-corrected chi connectivity index (χ0v) is 13.9.